The van der Waals surface area contributed by atoms with Crippen LogP contribution in [0.1, 0.15) is 46.0 Å². The van der Waals surface area contributed by atoms with Crippen LogP contribution in [0.15, 0.2) is 4.99 Å². The fourth-order valence-corrected chi connectivity index (χ4v) is 4.48. The van der Waals surface area contributed by atoms with Gasteiger partial charge in [-0.05, 0) is 51.7 Å². The number of hydrogen-bond donors (Lipinski definition) is 3. The van der Waals surface area contributed by atoms with Crippen LogP contribution in [-0.2, 0) is 9.53 Å². The molecule has 3 N–H and O–H groups in total. The minimum absolute atomic E-state index is 0. The SMILES string of the molecule is CCNC(=NCC1(O)CCSC1)NC1CCC(C(=O)OCC)CC1.I. The Balaban J connectivity index is 0.00000312. The summed E-state index contributed by atoms with van der Waals surface area (Å²) in [5, 5.41) is 17.1. The van der Waals surface area contributed by atoms with Crippen molar-refractivity contribution in [3.05, 3.63) is 0 Å². The third kappa shape index (κ3) is 7.50. The van der Waals surface area contributed by atoms with Crippen molar-refractivity contribution in [3.63, 3.8) is 0 Å². The Kier molecular flexibility index (Phi) is 10.5. The van der Waals surface area contributed by atoms with Crippen LogP contribution < -0.4 is 10.6 Å². The van der Waals surface area contributed by atoms with E-state index in [1.165, 1.54) is 0 Å². The highest BCUT2D eigenvalue weighted by Crippen LogP contribution is 2.28. The number of carbonyl (C=O) groups excluding carboxylic acids is 1. The molecule has 1 aliphatic carbocycles. The summed E-state index contributed by atoms with van der Waals surface area (Å²) in [5.41, 5.74) is -0.658. The Morgan fingerprint density at radius 3 is 2.60 bits per heavy atom. The molecule has 2 fully saturated rings. The van der Waals surface area contributed by atoms with Gasteiger partial charge in [0.25, 0.3) is 0 Å². The summed E-state index contributed by atoms with van der Waals surface area (Å²) in [6, 6.07) is 0.320. The highest BCUT2D eigenvalue weighted by molar-refractivity contribution is 14.0. The fraction of sp³-hybridized carbons (Fsp3) is 0.882. The van der Waals surface area contributed by atoms with Gasteiger partial charge >= 0.3 is 5.97 Å². The zero-order chi connectivity index (χ0) is 17.4. The molecule has 1 heterocycles. The summed E-state index contributed by atoms with van der Waals surface area (Å²) in [6.07, 6.45) is 4.40. The molecule has 1 aliphatic heterocycles. The van der Waals surface area contributed by atoms with Gasteiger partial charge in [0, 0.05) is 18.3 Å². The normalized spacial score (nSPS) is 29.6. The van der Waals surface area contributed by atoms with Crippen LogP contribution in [0.3, 0.4) is 0 Å². The molecule has 146 valence electrons. The molecular weight excluding hydrogens is 453 g/mol. The van der Waals surface area contributed by atoms with Gasteiger partial charge in [0.05, 0.1) is 24.7 Å². The second-order valence-electron chi connectivity index (χ2n) is 6.67. The zero-order valence-corrected chi connectivity index (χ0v) is 18.4. The van der Waals surface area contributed by atoms with E-state index in [-0.39, 0.29) is 35.9 Å². The second kappa shape index (κ2) is 11.5. The number of carbonyl (C=O) groups is 1. The van der Waals surface area contributed by atoms with Crippen LogP contribution in [0.4, 0.5) is 0 Å². The first-order valence-electron chi connectivity index (χ1n) is 9.08. The fourth-order valence-electron chi connectivity index (χ4n) is 3.19. The number of aliphatic imine (C=N–C) groups is 1. The van der Waals surface area contributed by atoms with E-state index in [0.29, 0.717) is 19.2 Å². The molecule has 1 unspecified atom stereocenters. The highest BCUT2D eigenvalue weighted by atomic mass is 127. The number of halogens is 1. The predicted octanol–water partition coefficient (Wildman–Crippen LogP) is 2.15. The predicted molar refractivity (Wildman–Crippen MR) is 114 cm³/mol. The number of rotatable bonds is 6. The van der Waals surface area contributed by atoms with Gasteiger partial charge in [0.2, 0.25) is 0 Å². The largest absolute Gasteiger partial charge is 0.466 e. The summed E-state index contributed by atoms with van der Waals surface area (Å²) < 4.78 is 5.12. The van der Waals surface area contributed by atoms with E-state index in [0.717, 1.165) is 56.1 Å². The summed E-state index contributed by atoms with van der Waals surface area (Å²) in [7, 11) is 0. The van der Waals surface area contributed by atoms with Crippen molar-refractivity contribution in [2.45, 2.75) is 57.6 Å². The molecule has 1 atom stereocenters. The first-order chi connectivity index (χ1) is 11.6. The number of nitrogens with one attached hydrogen (secondary N) is 2. The van der Waals surface area contributed by atoms with Gasteiger partial charge in [-0.3, -0.25) is 9.79 Å². The number of thioether (sulfide) groups is 1. The maximum atomic E-state index is 11.8. The molecular formula is C17H32IN3O3S. The standard InChI is InChI=1S/C17H31N3O3S.HI/c1-3-18-16(19-11-17(22)9-10-24-12-17)20-14-7-5-13(6-8-14)15(21)23-4-2;/h13-14,22H,3-12H2,1-2H3,(H2,18,19,20);1H. The van der Waals surface area contributed by atoms with Gasteiger partial charge < -0.3 is 20.5 Å². The molecule has 2 aliphatic rings. The number of ether oxygens (including phenoxy) is 1. The molecule has 0 aromatic heterocycles. The number of nitrogens with zero attached hydrogens (tertiary/aromatic N) is 1. The molecule has 1 saturated heterocycles. The Morgan fingerprint density at radius 1 is 1.32 bits per heavy atom. The lowest BCUT2D eigenvalue weighted by molar-refractivity contribution is -0.149. The van der Waals surface area contributed by atoms with Gasteiger partial charge in [-0.2, -0.15) is 11.8 Å². The van der Waals surface area contributed by atoms with E-state index < -0.39 is 5.60 Å². The van der Waals surface area contributed by atoms with E-state index >= 15 is 0 Å². The monoisotopic (exact) mass is 485 g/mol. The average molecular weight is 485 g/mol. The number of aliphatic hydroxyl groups is 1. The lowest BCUT2D eigenvalue weighted by atomic mass is 9.86. The van der Waals surface area contributed by atoms with E-state index in [4.69, 9.17) is 4.74 Å². The van der Waals surface area contributed by atoms with E-state index in [2.05, 4.69) is 15.6 Å². The maximum absolute atomic E-state index is 11.8. The quantitative estimate of drug-likeness (QED) is 0.232. The lowest BCUT2D eigenvalue weighted by Gasteiger charge is -2.29. The zero-order valence-electron chi connectivity index (χ0n) is 15.3. The van der Waals surface area contributed by atoms with Crippen LogP contribution in [0, 0.1) is 5.92 Å². The van der Waals surface area contributed by atoms with Crippen LogP contribution in [-0.4, -0.2) is 59.9 Å². The van der Waals surface area contributed by atoms with Crippen LogP contribution in [0.2, 0.25) is 0 Å². The number of hydrogen-bond acceptors (Lipinski definition) is 5. The summed E-state index contributed by atoms with van der Waals surface area (Å²) in [4.78, 5) is 16.4. The third-order valence-electron chi connectivity index (χ3n) is 4.65. The van der Waals surface area contributed by atoms with Crippen molar-refractivity contribution in [1.82, 2.24) is 10.6 Å². The summed E-state index contributed by atoms with van der Waals surface area (Å²) >= 11 is 1.78. The molecule has 0 aromatic carbocycles. The molecule has 0 aromatic rings. The van der Waals surface area contributed by atoms with Crippen molar-refractivity contribution in [3.8, 4) is 0 Å². The first-order valence-corrected chi connectivity index (χ1v) is 10.2. The van der Waals surface area contributed by atoms with Crippen LogP contribution in [0.25, 0.3) is 0 Å². The van der Waals surface area contributed by atoms with E-state index in [9.17, 15) is 9.90 Å². The van der Waals surface area contributed by atoms with Crippen LogP contribution >= 0.6 is 35.7 Å². The highest BCUT2D eigenvalue weighted by Gasteiger charge is 2.32. The van der Waals surface area contributed by atoms with Gasteiger partial charge in [-0.15, -0.1) is 24.0 Å². The first kappa shape index (κ1) is 22.8. The molecule has 25 heavy (non-hydrogen) atoms. The maximum Gasteiger partial charge on any atom is 0.308 e. The number of esters is 1. The Labute approximate surface area is 172 Å². The van der Waals surface area contributed by atoms with Crippen LogP contribution in [0.5, 0.6) is 0 Å². The smallest absolute Gasteiger partial charge is 0.308 e. The Morgan fingerprint density at radius 2 is 2.04 bits per heavy atom. The topological polar surface area (TPSA) is 83.0 Å². The molecule has 8 heteroatoms. The average Bonchev–Trinajstić information content (AvgIpc) is 3.01. The van der Waals surface area contributed by atoms with Crippen molar-refractivity contribution in [2.24, 2.45) is 10.9 Å². The molecule has 0 radical (unpaired) electrons. The Bertz CT molecular complexity index is 437. The van der Waals surface area contributed by atoms with Gasteiger partial charge in [0.1, 0.15) is 0 Å². The molecule has 1 saturated carbocycles. The molecule has 6 nitrogen and oxygen atoms in total. The summed E-state index contributed by atoms with van der Waals surface area (Å²) in [5.74, 6) is 2.52. The van der Waals surface area contributed by atoms with Crippen molar-refractivity contribution in [1.29, 1.82) is 0 Å². The molecule has 2 rings (SSSR count). The molecule has 0 spiro atoms. The molecule has 0 amide bonds. The molecule has 0 bridgehead atoms. The number of guanidine groups is 1. The van der Waals surface area contributed by atoms with Crippen molar-refractivity contribution < 1.29 is 14.6 Å². The third-order valence-corrected chi connectivity index (χ3v) is 5.88. The Hall–Kier alpha value is -0.220. The van der Waals surface area contributed by atoms with E-state index in [1.54, 1.807) is 11.8 Å². The minimum atomic E-state index is -0.658. The minimum Gasteiger partial charge on any atom is -0.466 e. The van der Waals surface area contributed by atoms with Gasteiger partial charge in [0.15, 0.2) is 5.96 Å². The van der Waals surface area contributed by atoms with E-state index in [1.807, 2.05) is 13.8 Å². The van der Waals surface area contributed by atoms with Crippen molar-refractivity contribution in [2.75, 3.05) is 31.2 Å². The summed E-state index contributed by atoms with van der Waals surface area (Å²) in [6.45, 7) is 5.57. The van der Waals surface area contributed by atoms with Gasteiger partial charge in [-0.25, -0.2) is 0 Å². The van der Waals surface area contributed by atoms with Gasteiger partial charge in [-0.1, -0.05) is 0 Å². The lowest BCUT2D eigenvalue weighted by Crippen LogP contribution is -2.46. The second-order valence-corrected chi connectivity index (χ2v) is 7.77. The van der Waals surface area contributed by atoms with Crippen molar-refractivity contribution >= 4 is 47.7 Å².